The fourth-order valence-electron chi connectivity index (χ4n) is 2.02. The summed E-state index contributed by atoms with van der Waals surface area (Å²) in [5.74, 6) is 1.49. The number of thioether (sulfide) groups is 1. The van der Waals surface area contributed by atoms with Crippen molar-refractivity contribution in [2.24, 2.45) is 0 Å². The highest BCUT2D eigenvalue weighted by molar-refractivity contribution is 8.00. The molecule has 19 heavy (non-hydrogen) atoms. The zero-order valence-electron chi connectivity index (χ0n) is 10.7. The average Bonchev–Trinajstić information content (AvgIpc) is 2.78. The lowest BCUT2D eigenvalue weighted by Crippen LogP contribution is -2.34. The van der Waals surface area contributed by atoms with Gasteiger partial charge in [0.05, 0.1) is 11.4 Å². The zero-order valence-corrected chi connectivity index (χ0v) is 11.5. The third-order valence-electron chi connectivity index (χ3n) is 2.92. The number of aromatic nitrogens is 2. The van der Waals surface area contributed by atoms with Gasteiger partial charge in [0.2, 0.25) is 17.7 Å². The van der Waals surface area contributed by atoms with E-state index >= 15 is 0 Å². The molecule has 0 radical (unpaired) electrons. The smallest absolute Gasteiger partial charge is 0.237 e. The highest BCUT2D eigenvalue weighted by Gasteiger charge is 2.26. The van der Waals surface area contributed by atoms with E-state index in [2.05, 4.69) is 16.3 Å². The Bertz CT molecular complexity index is 639. The van der Waals surface area contributed by atoms with Gasteiger partial charge in [-0.15, -0.1) is 22.0 Å². The average molecular weight is 275 g/mol. The van der Waals surface area contributed by atoms with Crippen LogP contribution < -0.4 is 4.90 Å². The maximum Gasteiger partial charge on any atom is 0.237 e. The number of carbonyl (C=O) groups excluding carboxylic acids is 1. The third kappa shape index (κ3) is 2.35. The standard InChI is InChI=1S/C13H13N3O2S/c1-8-3-4-10-11(5-8)19-7-13(17)16(10)6-12-15-14-9(2)18-12/h3-5H,6-7H2,1-2H3. The van der Waals surface area contributed by atoms with Crippen LogP contribution in [0.3, 0.4) is 0 Å². The van der Waals surface area contributed by atoms with Crippen molar-refractivity contribution in [2.45, 2.75) is 25.3 Å². The molecule has 0 saturated carbocycles. The summed E-state index contributed by atoms with van der Waals surface area (Å²) in [4.78, 5) is 14.9. The van der Waals surface area contributed by atoms with Gasteiger partial charge in [-0.25, -0.2) is 0 Å². The van der Waals surface area contributed by atoms with Gasteiger partial charge >= 0.3 is 0 Å². The molecule has 1 aliphatic rings. The van der Waals surface area contributed by atoms with Crippen molar-refractivity contribution >= 4 is 23.4 Å². The predicted molar refractivity (Wildman–Crippen MR) is 72.1 cm³/mol. The van der Waals surface area contributed by atoms with Gasteiger partial charge < -0.3 is 9.32 Å². The molecule has 0 aliphatic carbocycles. The van der Waals surface area contributed by atoms with Crippen molar-refractivity contribution in [3.8, 4) is 0 Å². The highest BCUT2D eigenvalue weighted by atomic mass is 32.2. The van der Waals surface area contributed by atoms with Crippen LogP contribution in [0.15, 0.2) is 27.5 Å². The van der Waals surface area contributed by atoms with Crippen LogP contribution in [0, 0.1) is 13.8 Å². The molecule has 1 aromatic heterocycles. The second-order valence-electron chi connectivity index (χ2n) is 4.45. The number of aryl methyl sites for hydroxylation is 2. The van der Waals surface area contributed by atoms with Crippen molar-refractivity contribution in [1.82, 2.24) is 10.2 Å². The van der Waals surface area contributed by atoms with E-state index in [-0.39, 0.29) is 5.91 Å². The molecule has 0 fully saturated rings. The molecule has 0 saturated heterocycles. The molecule has 6 heteroatoms. The fraction of sp³-hybridized carbons (Fsp3) is 0.308. The van der Waals surface area contributed by atoms with Gasteiger partial charge in [-0.2, -0.15) is 0 Å². The van der Waals surface area contributed by atoms with Gasteiger partial charge in [0.25, 0.3) is 0 Å². The lowest BCUT2D eigenvalue weighted by molar-refractivity contribution is -0.116. The Kier molecular flexibility index (Phi) is 3.02. The quantitative estimate of drug-likeness (QED) is 0.841. The summed E-state index contributed by atoms with van der Waals surface area (Å²) in [6.07, 6.45) is 0. The number of amides is 1. The van der Waals surface area contributed by atoms with Crippen LogP contribution in [0.2, 0.25) is 0 Å². The van der Waals surface area contributed by atoms with Crippen molar-refractivity contribution in [3.63, 3.8) is 0 Å². The Balaban J connectivity index is 1.94. The van der Waals surface area contributed by atoms with E-state index in [1.165, 1.54) is 5.56 Å². The second-order valence-corrected chi connectivity index (χ2v) is 5.47. The van der Waals surface area contributed by atoms with E-state index in [0.29, 0.717) is 24.1 Å². The third-order valence-corrected chi connectivity index (χ3v) is 3.95. The minimum absolute atomic E-state index is 0.0669. The van der Waals surface area contributed by atoms with Crippen LogP contribution in [0.25, 0.3) is 0 Å². The highest BCUT2D eigenvalue weighted by Crippen LogP contribution is 2.36. The van der Waals surface area contributed by atoms with Crippen LogP contribution in [0.1, 0.15) is 17.3 Å². The van der Waals surface area contributed by atoms with E-state index in [4.69, 9.17) is 4.42 Å². The molecule has 0 unspecified atom stereocenters. The molecule has 0 bridgehead atoms. The number of anilines is 1. The van der Waals surface area contributed by atoms with Gasteiger partial charge in [-0.3, -0.25) is 4.79 Å². The molecule has 3 rings (SSSR count). The van der Waals surface area contributed by atoms with E-state index in [9.17, 15) is 4.79 Å². The molecular weight excluding hydrogens is 262 g/mol. The Morgan fingerprint density at radius 3 is 2.95 bits per heavy atom. The lowest BCUT2D eigenvalue weighted by atomic mass is 10.2. The molecular formula is C13H13N3O2S. The van der Waals surface area contributed by atoms with Crippen molar-refractivity contribution in [1.29, 1.82) is 0 Å². The molecule has 98 valence electrons. The van der Waals surface area contributed by atoms with Crippen LogP contribution in [0.5, 0.6) is 0 Å². The summed E-state index contributed by atoms with van der Waals surface area (Å²) >= 11 is 1.57. The van der Waals surface area contributed by atoms with E-state index in [1.807, 2.05) is 19.1 Å². The number of hydrogen-bond acceptors (Lipinski definition) is 5. The molecule has 1 amide bonds. The van der Waals surface area contributed by atoms with E-state index in [1.54, 1.807) is 23.6 Å². The summed E-state index contributed by atoms with van der Waals surface area (Å²) < 4.78 is 5.35. The van der Waals surface area contributed by atoms with Crippen molar-refractivity contribution in [2.75, 3.05) is 10.7 Å². The molecule has 1 aromatic carbocycles. The summed E-state index contributed by atoms with van der Waals surface area (Å²) in [6, 6.07) is 6.07. The first kappa shape index (κ1) is 12.2. The lowest BCUT2D eigenvalue weighted by Gasteiger charge is -2.28. The number of nitrogens with zero attached hydrogens (tertiary/aromatic N) is 3. The minimum Gasteiger partial charge on any atom is -0.424 e. The predicted octanol–water partition coefficient (Wildman–Crippen LogP) is 2.33. The molecule has 2 heterocycles. The van der Waals surface area contributed by atoms with Crippen LogP contribution in [-0.2, 0) is 11.3 Å². The van der Waals surface area contributed by atoms with Crippen LogP contribution in [0.4, 0.5) is 5.69 Å². The monoisotopic (exact) mass is 275 g/mol. The number of benzene rings is 1. The maximum atomic E-state index is 12.1. The Morgan fingerprint density at radius 1 is 1.37 bits per heavy atom. The second kappa shape index (κ2) is 4.70. The molecule has 0 spiro atoms. The van der Waals surface area contributed by atoms with Crippen molar-refractivity contribution in [3.05, 3.63) is 35.5 Å². The number of rotatable bonds is 2. The first-order chi connectivity index (χ1) is 9.13. The SMILES string of the molecule is Cc1ccc2c(c1)SCC(=O)N2Cc1nnc(C)o1. The minimum atomic E-state index is 0.0669. The maximum absolute atomic E-state index is 12.1. The van der Waals surface area contributed by atoms with E-state index in [0.717, 1.165) is 10.6 Å². The Morgan fingerprint density at radius 2 is 2.21 bits per heavy atom. The van der Waals surface area contributed by atoms with Gasteiger partial charge in [0.1, 0.15) is 6.54 Å². The fourth-order valence-corrected chi connectivity index (χ4v) is 3.05. The first-order valence-corrected chi connectivity index (χ1v) is 6.95. The van der Waals surface area contributed by atoms with Crippen molar-refractivity contribution < 1.29 is 9.21 Å². The largest absolute Gasteiger partial charge is 0.424 e. The number of carbonyl (C=O) groups is 1. The topological polar surface area (TPSA) is 59.2 Å². The summed E-state index contributed by atoms with van der Waals surface area (Å²) in [7, 11) is 0. The van der Waals surface area contributed by atoms with Crippen LogP contribution in [-0.4, -0.2) is 21.9 Å². The molecule has 5 nitrogen and oxygen atoms in total. The van der Waals surface area contributed by atoms with Gasteiger partial charge in [0.15, 0.2) is 0 Å². The Hall–Kier alpha value is -1.82. The zero-order chi connectivity index (χ0) is 13.4. The summed E-state index contributed by atoms with van der Waals surface area (Å²) in [5.41, 5.74) is 2.11. The molecule has 0 N–H and O–H groups in total. The van der Waals surface area contributed by atoms with Gasteiger partial charge in [-0.1, -0.05) is 6.07 Å². The molecule has 1 aliphatic heterocycles. The summed E-state index contributed by atoms with van der Waals surface area (Å²) in [6.45, 7) is 4.11. The first-order valence-electron chi connectivity index (χ1n) is 5.96. The van der Waals surface area contributed by atoms with Gasteiger partial charge in [-0.05, 0) is 24.6 Å². The molecule has 2 aromatic rings. The normalized spacial score (nSPS) is 14.6. The van der Waals surface area contributed by atoms with Crippen LogP contribution >= 0.6 is 11.8 Å². The number of fused-ring (bicyclic) bond motifs is 1. The Labute approximate surface area is 115 Å². The molecule has 0 atom stereocenters. The van der Waals surface area contributed by atoms with Gasteiger partial charge in [0, 0.05) is 11.8 Å². The van der Waals surface area contributed by atoms with E-state index < -0.39 is 0 Å². The summed E-state index contributed by atoms with van der Waals surface area (Å²) in [5, 5.41) is 7.73. The number of hydrogen-bond donors (Lipinski definition) is 0.